The first-order valence-electron chi connectivity index (χ1n) is 3.70. The van der Waals surface area contributed by atoms with Gasteiger partial charge in [-0.05, 0) is 12.2 Å². The monoisotopic (exact) mass is 185 g/mol. The van der Waals surface area contributed by atoms with Crippen LogP contribution in [0.2, 0.25) is 0 Å². The number of amidine groups is 1. The first kappa shape index (κ1) is 9.29. The molecule has 0 radical (unpaired) electrons. The summed E-state index contributed by atoms with van der Waals surface area (Å²) in [7, 11) is 0. The zero-order valence-electron chi connectivity index (χ0n) is 6.52. The molecule has 0 spiro atoms. The number of allylic oxidation sites excluding steroid dienone is 2. The highest BCUT2D eigenvalue weighted by molar-refractivity contribution is 5.95. The molecular formula is C8H10ClN2O-. The smallest absolute Gasteiger partial charge is 0.127 e. The summed E-state index contributed by atoms with van der Waals surface area (Å²) in [5.74, 6) is 0.956. The van der Waals surface area contributed by atoms with Crippen LogP contribution in [-0.2, 0) is 0 Å². The first-order chi connectivity index (χ1) is 5.36. The van der Waals surface area contributed by atoms with Crippen LogP contribution in [0, 0.1) is 0 Å². The normalized spacial score (nSPS) is 25.9. The van der Waals surface area contributed by atoms with Crippen molar-refractivity contribution in [2.24, 2.45) is 4.99 Å². The molecule has 0 aromatic carbocycles. The van der Waals surface area contributed by atoms with Crippen molar-refractivity contribution in [3.63, 3.8) is 0 Å². The van der Waals surface area contributed by atoms with Gasteiger partial charge in [0.25, 0.3) is 0 Å². The van der Waals surface area contributed by atoms with E-state index >= 15 is 0 Å². The van der Waals surface area contributed by atoms with Gasteiger partial charge in [0.1, 0.15) is 5.84 Å². The molecule has 3 nitrogen and oxygen atoms in total. The van der Waals surface area contributed by atoms with E-state index in [9.17, 15) is 5.11 Å². The van der Waals surface area contributed by atoms with Gasteiger partial charge in [-0.25, -0.2) is 0 Å². The quantitative estimate of drug-likeness (QED) is 0.441. The second-order valence-electron chi connectivity index (χ2n) is 2.71. The molecule has 0 saturated carbocycles. The van der Waals surface area contributed by atoms with E-state index in [0.29, 0.717) is 13.1 Å². The van der Waals surface area contributed by atoms with Crippen molar-refractivity contribution in [3.05, 3.63) is 24.4 Å². The molecule has 2 heterocycles. The van der Waals surface area contributed by atoms with Gasteiger partial charge in [-0.1, -0.05) is 6.08 Å². The number of halogens is 1. The highest BCUT2D eigenvalue weighted by Crippen LogP contribution is 2.08. The standard InChI is InChI=1S/C8H10N2O.ClH/c11-7-5-9-8-3-1-2-4-10(8)6-7;/h1-4,7,11H,5-6H2;1H/p-1. The molecule has 0 saturated heterocycles. The van der Waals surface area contributed by atoms with Crippen molar-refractivity contribution in [2.45, 2.75) is 6.10 Å². The van der Waals surface area contributed by atoms with Crippen LogP contribution < -0.4 is 12.4 Å². The zero-order chi connectivity index (χ0) is 7.68. The van der Waals surface area contributed by atoms with Crippen molar-refractivity contribution < 1.29 is 17.5 Å². The molecule has 1 unspecified atom stereocenters. The lowest BCUT2D eigenvalue weighted by molar-refractivity contribution is -0.00000407. The fraction of sp³-hybridized carbons (Fsp3) is 0.375. The Hall–Kier alpha value is -0.800. The summed E-state index contributed by atoms with van der Waals surface area (Å²) in [4.78, 5) is 6.14. The second-order valence-corrected chi connectivity index (χ2v) is 2.71. The van der Waals surface area contributed by atoms with Gasteiger partial charge in [0.2, 0.25) is 0 Å². The van der Waals surface area contributed by atoms with Gasteiger partial charge in [0, 0.05) is 6.20 Å². The Kier molecular flexibility index (Phi) is 2.89. The van der Waals surface area contributed by atoms with Crippen molar-refractivity contribution >= 4 is 5.84 Å². The van der Waals surface area contributed by atoms with E-state index in [1.807, 2.05) is 29.3 Å². The first-order valence-corrected chi connectivity index (χ1v) is 3.70. The lowest BCUT2D eigenvalue weighted by Crippen LogP contribution is -3.00. The van der Waals surface area contributed by atoms with E-state index in [4.69, 9.17) is 0 Å². The molecule has 0 aliphatic carbocycles. The van der Waals surface area contributed by atoms with Crippen LogP contribution >= 0.6 is 0 Å². The van der Waals surface area contributed by atoms with Gasteiger partial charge >= 0.3 is 0 Å². The summed E-state index contributed by atoms with van der Waals surface area (Å²) in [5, 5.41) is 9.24. The van der Waals surface area contributed by atoms with Crippen LogP contribution in [0.3, 0.4) is 0 Å². The van der Waals surface area contributed by atoms with Crippen molar-refractivity contribution in [2.75, 3.05) is 13.1 Å². The average molecular weight is 186 g/mol. The van der Waals surface area contributed by atoms with Gasteiger partial charge in [0.15, 0.2) is 0 Å². The SMILES string of the molecule is OC1CN=C2C=CC=CN2C1.[Cl-]. The molecule has 0 fully saturated rings. The van der Waals surface area contributed by atoms with Crippen LogP contribution in [0.15, 0.2) is 29.4 Å². The number of rotatable bonds is 0. The predicted octanol–water partition coefficient (Wildman–Crippen LogP) is -2.85. The number of aliphatic hydroxyl groups excluding tert-OH is 1. The molecule has 4 heteroatoms. The molecule has 12 heavy (non-hydrogen) atoms. The maximum absolute atomic E-state index is 9.24. The molecule has 0 aromatic rings. The molecule has 2 rings (SSSR count). The maximum Gasteiger partial charge on any atom is 0.127 e. The number of aliphatic imine (C=N–C) groups is 1. The third-order valence-corrected chi connectivity index (χ3v) is 1.79. The van der Waals surface area contributed by atoms with Crippen molar-refractivity contribution in [1.29, 1.82) is 0 Å². The van der Waals surface area contributed by atoms with Gasteiger partial charge in [-0.3, -0.25) is 4.99 Å². The Bertz CT molecular complexity index is 247. The summed E-state index contributed by atoms with van der Waals surface area (Å²) in [6, 6.07) is 0. The topological polar surface area (TPSA) is 35.8 Å². The number of aliphatic hydroxyl groups is 1. The van der Waals surface area contributed by atoms with Crippen LogP contribution in [0.4, 0.5) is 0 Å². The van der Waals surface area contributed by atoms with E-state index in [2.05, 4.69) is 4.99 Å². The summed E-state index contributed by atoms with van der Waals surface area (Å²) in [6.45, 7) is 1.20. The zero-order valence-corrected chi connectivity index (χ0v) is 7.28. The third kappa shape index (κ3) is 1.68. The summed E-state index contributed by atoms with van der Waals surface area (Å²) in [6.07, 6.45) is 7.46. The number of hydrogen-bond acceptors (Lipinski definition) is 3. The average Bonchev–Trinajstić information content (AvgIpc) is 2.04. The summed E-state index contributed by atoms with van der Waals surface area (Å²) in [5.41, 5.74) is 0. The minimum Gasteiger partial charge on any atom is -1.00 e. The maximum atomic E-state index is 9.24. The van der Waals surface area contributed by atoms with Crippen LogP contribution in [-0.4, -0.2) is 35.0 Å². The van der Waals surface area contributed by atoms with Crippen molar-refractivity contribution in [1.82, 2.24) is 4.90 Å². The lowest BCUT2D eigenvalue weighted by Gasteiger charge is -2.28. The predicted molar refractivity (Wildman–Crippen MR) is 43.3 cm³/mol. The van der Waals surface area contributed by atoms with E-state index in [1.165, 1.54) is 0 Å². The van der Waals surface area contributed by atoms with E-state index in [-0.39, 0.29) is 18.5 Å². The molecule has 1 atom stereocenters. The molecule has 66 valence electrons. The summed E-state index contributed by atoms with van der Waals surface area (Å²) >= 11 is 0. The number of fused-ring (bicyclic) bond motifs is 1. The van der Waals surface area contributed by atoms with Crippen molar-refractivity contribution in [3.8, 4) is 0 Å². The fourth-order valence-electron chi connectivity index (χ4n) is 1.25. The molecule has 2 aliphatic rings. The van der Waals surface area contributed by atoms with Gasteiger partial charge in [-0.15, -0.1) is 0 Å². The van der Waals surface area contributed by atoms with E-state index in [1.54, 1.807) is 0 Å². The molecule has 1 N–H and O–H groups in total. The van der Waals surface area contributed by atoms with Crippen LogP contribution in [0.1, 0.15) is 0 Å². The van der Waals surface area contributed by atoms with E-state index < -0.39 is 0 Å². The van der Waals surface area contributed by atoms with Gasteiger partial charge in [0.05, 0.1) is 19.2 Å². The highest BCUT2D eigenvalue weighted by Gasteiger charge is 2.17. The number of hydrogen-bond donors (Lipinski definition) is 1. The Morgan fingerprint density at radius 3 is 3.17 bits per heavy atom. The van der Waals surface area contributed by atoms with Gasteiger partial charge < -0.3 is 22.4 Å². The van der Waals surface area contributed by atoms with Crippen LogP contribution in [0.25, 0.3) is 0 Å². The third-order valence-electron chi connectivity index (χ3n) is 1.79. The molecule has 2 aliphatic heterocycles. The second kappa shape index (κ2) is 3.74. The Balaban J connectivity index is 0.000000720. The minimum absolute atomic E-state index is 0. The lowest BCUT2D eigenvalue weighted by atomic mass is 10.2. The van der Waals surface area contributed by atoms with Gasteiger partial charge in [-0.2, -0.15) is 0 Å². The number of nitrogens with zero attached hydrogens (tertiary/aromatic N) is 2. The van der Waals surface area contributed by atoms with Crippen LogP contribution in [0.5, 0.6) is 0 Å². The molecule has 0 aromatic heterocycles. The Labute approximate surface area is 77.5 Å². The molecule has 0 amide bonds. The Morgan fingerprint density at radius 1 is 1.50 bits per heavy atom. The van der Waals surface area contributed by atoms with E-state index in [0.717, 1.165) is 5.84 Å². The molecular weight excluding hydrogens is 176 g/mol. The minimum atomic E-state index is -0.310. The summed E-state index contributed by atoms with van der Waals surface area (Å²) < 4.78 is 0. The molecule has 0 bridgehead atoms. The highest BCUT2D eigenvalue weighted by atomic mass is 35.5. The largest absolute Gasteiger partial charge is 1.00 e. The Morgan fingerprint density at radius 2 is 2.33 bits per heavy atom. The fourth-order valence-corrected chi connectivity index (χ4v) is 1.25.